The molecule has 11 heteroatoms. The van der Waals surface area contributed by atoms with Gasteiger partial charge in [-0.3, -0.25) is 9.48 Å². The lowest BCUT2D eigenvalue weighted by molar-refractivity contribution is -0.141. The van der Waals surface area contributed by atoms with Crippen molar-refractivity contribution in [1.29, 1.82) is 0 Å². The topological polar surface area (TPSA) is 56.2 Å². The van der Waals surface area contributed by atoms with Crippen LogP contribution in [-0.4, -0.2) is 22.2 Å². The molecule has 3 aromatic rings. The summed E-state index contributed by atoms with van der Waals surface area (Å²) in [4.78, 5) is 12.6. The van der Waals surface area contributed by atoms with Gasteiger partial charge in [0.05, 0.1) is 10.0 Å². The molecule has 0 atom stereocenters. The molecule has 0 saturated heterocycles. The fraction of sp³-hybridized carbons (Fsp3) is 0.333. The molecule has 1 aliphatic carbocycles. The summed E-state index contributed by atoms with van der Waals surface area (Å²) >= 11 is 18.2. The van der Waals surface area contributed by atoms with Gasteiger partial charge in [0.1, 0.15) is 6.61 Å². The summed E-state index contributed by atoms with van der Waals surface area (Å²) in [5.41, 5.74) is 0.891. The van der Waals surface area contributed by atoms with Crippen LogP contribution in [0.5, 0.6) is 5.75 Å². The van der Waals surface area contributed by atoms with Crippen molar-refractivity contribution in [2.24, 2.45) is 0 Å². The van der Waals surface area contributed by atoms with Crippen LogP contribution in [0.25, 0.3) is 0 Å². The zero-order valence-corrected chi connectivity index (χ0v) is 20.6. The van der Waals surface area contributed by atoms with Crippen LogP contribution in [0.4, 0.5) is 13.2 Å². The van der Waals surface area contributed by atoms with E-state index in [0.717, 1.165) is 24.5 Å². The molecule has 2 aromatic carbocycles. The Labute approximate surface area is 215 Å². The van der Waals surface area contributed by atoms with Crippen LogP contribution in [0.3, 0.4) is 0 Å². The van der Waals surface area contributed by atoms with Crippen LogP contribution >= 0.6 is 34.8 Å². The summed E-state index contributed by atoms with van der Waals surface area (Å²) in [6.07, 6.45) is -2.28. The van der Waals surface area contributed by atoms with E-state index in [1.54, 1.807) is 24.3 Å². The summed E-state index contributed by atoms with van der Waals surface area (Å²) in [7, 11) is 0. The Morgan fingerprint density at radius 2 is 1.83 bits per heavy atom. The number of aryl methyl sites for hydroxylation is 1. The maximum absolute atomic E-state index is 13.0. The Bertz CT molecular complexity index is 1200. The van der Waals surface area contributed by atoms with Crippen molar-refractivity contribution in [1.82, 2.24) is 15.1 Å². The molecule has 35 heavy (non-hydrogen) atoms. The molecule has 1 fully saturated rings. The van der Waals surface area contributed by atoms with Crippen molar-refractivity contribution in [2.75, 3.05) is 6.54 Å². The van der Waals surface area contributed by atoms with Crippen LogP contribution < -0.4 is 10.1 Å². The zero-order chi connectivity index (χ0) is 25.2. The van der Waals surface area contributed by atoms with Crippen molar-refractivity contribution < 1.29 is 22.7 Å². The average Bonchev–Trinajstić information content (AvgIpc) is 3.54. The maximum Gasteiger partial charge on any atom is 0.435 e. The highest BCUT2D eigenvalue weighted by atomic mass is 35.5. The minimum atomic E-state index is -4.47. The highest BCUT2D eigenvalue weighted by Gasteiger charge is 2.37. The molecule has 1 saturated carbocycles. The van der Waals surface area contributed by atoms with Gasteiger partial charge in [-0.2, -0.15) is 18.3 Å². The number of halogens is 6. The predicted octanol–water partition coefficient (Wildman–Crippen LogP) is 7.14. The second-order valence-electron chi connectivity index (χ2n) is 8.25. The number of nitrogens with zero attached hydrogens (tertiary/aromatic N) is 2. The number of alkyl halides is 3. The van der Waals surface area contributed by atoms with E-state index in [1.807, 2.05) is 0 Å². The predicted molar refractivity (Wildman–Crippen MR) is 128 cm³/mol. The van der Waals surface area contributed by atoms with Gasteiger partial charge in [-0.1, -0.05) is 46.9 Å². The molecule has 1 N–H and O–H groups in total. The number of carbonyl (C=O) groups is 1. The number of amides is 1. The standard InChI is InChI=1S/C24H21Cl3F3N3O2/c25-17-10-18(26)22(19(27)11-17)35-13-14-3-1-4-16(9-14)23(34)31-7-2-8-33-20(15-5-6-15)12-21(32-33)24(28,29)30/h1,3-4,9-12,15H,2,5-8,13H2,(H,31,34). The Hall–Kier alpha value is -2.42. The number of hydrogen-bond donors (Lipinski definition) is 1. The molecule has 5 nitrogen and oxygen atoms in total. The number of hydrogen-bond acceptors (Lipinski definition) is 3. The minimum absolute atomic E-state index is 0.132. The Morgan fingerprint density at radius 3 is 2.49 bits per heavy atom. The van der Waals surface area contributed by atoms with E-state index < -0.39 is 11.9 Å². The fourth-order valence-electron chi connectivity index (χ4n) is 3.61. The number of nitrogens with one attached hydrogen (secondary N) is 1. The lowest BCUT2D eigenvalue weighted by Gasteiger charge is -2.12. The lowest BCUT2D eigenvalue weighted by Crippen LogP contribution is -2.25. The first kappa shape index (κ1) is 25.7. The van der Waals surface area contributed by atoms with Crippen LogP contribution in [-0.2, 0) is 19.3 Å². The van der Waals surface area contributed by atoms with Gasteiger partial charge in [0, 0.05) is 35.3 Å². The smallest absolute Gasteiger partial charge is 0.435 e. The highest BCUT2D eigenvalue weighted by molar-refractivity contribution is 6.40. The van der Waals surface area contributed by atoms with Gasteiger partial charge < -0.3 is 10.1 Å². The normalized spacial score (nSPS) is 13.7. The van der Waals surface area contributed by atoms with Gasteiger partial charge >= 0.3 is 6.18 Å². The van der Waals surface area contributed by atoms with Crippen molar-refractivity contribution >= 4 is 40.7 Å². The van der Waals surface area contributed by atoms with E-state index in [0.29, 0.717) is 41.5 Å². The van der Waals surface area contributed by atoms with Crippen molar-refractivity contribution in [3.8, 4) is 5.75 Å². The Balaban J connectivity index is 1.30. The van der Waals surface area contributed by atoms with Crippen LogP contribution in [0.15, 0.2) is 42.5 Å². The van der Waals surface area contributed by atoms with Crippen LogP contribution in [0.1, 0.15) is 52.5 Å². The summed E-state index contributed by atoms with van der Waals surface area (Å²) in [5.74, 6) is 0.134. The van der Waals surface area contributed by atoms with Crippen molar-refractivity contribution in [3.63, 3.8) is 0 Å². The number of ether oxygens (including phenoxy) is 1. The van der Waals surface area contributed by atoms with Gasteiger partial charge in [-0.05, 0) is 55.2 Å². The van der Waals surface area contributed by atoms with Gasteiger partial charge in [0.2, 0.25) is 0 Å². The molecular formula is C24H21Cl3F3N3O2. The maximum atomic E-state index is 13.0. The zero-order valence-electron chi connectivity index (χ0n) is 18.3. The molecule has 1 amide bonds. The highest BCUT2D eigenvalue weighted by Crippen LogP contribution is 2.42. The van der Waals surface area contributed by atoms with Gasteiger partial charge in [-0.25, -0.2) is 0 Å². The fourth-order valence-corrected chi connectivity index (χ4v) is 4.54. The van der Waals surface area contributed by atoms with E-state index in [-0.39, 0.29) is 28.5 Å². The van der Waals surface area contributed by atoms with E-state index in [9.17, 15) is 18.0 Å². The molecule has 1 aromatic heterocycles. The van der Waals surface area contributed by atoms with Gasteiger partial charge in [0.25, 0.3) is 5.91 Å². The first-order chi connectivity index (χ1) is 16.6. The summed E-state index contributed by atoms with van der Waals surface area (Å²) in [6.45, 7) is 0.715. The summed E-state index contributed by atoms with van der Waals surface area (Å²) in [5, 5.41) is 7.48. The number of aromatic nitrogens is 2. The minimum Gasteiger partial charge on any atom is -0.486 e. The molecule has 1 heterocycles. The van der Waals surface area contributed by atoms with E-state index in [1.165, 1.54) is 16.8 Å². The largest absolute Gasteiger partial charge is 0.486 e. The van der Waals surface area contributed by atoms with Crippen molar-refractivity contribution in [3.05, 3.63) is 80.0 Å². The van der Waals surface area contributed by atoms with Crippen LogP contribution in [0, 0.1) is 0 Å². The lowest BCUT2D eigenvalue weighted by atomic mass is 10.1. The third-order valence-corrected chi connectivity index (χ3v) is 6.24. The summed E-state index contributed by atoms with van der Waals surface area (Å²) < 4.78 is 46.2. The van der Waals surface area contributed by atoms with Crippen LogP contribution in [0.2, 0.25) is 15.1 Å². The molecular weight excluding hydrogens is 526 g/mol. The number of benzene rings is 2. The van der Waals surface area contributed by atoms with E-state index >= 15 is 0 Å². The van der Waals surface area contributed by atoms with E-state index in [2.05, 4.69) is 10.4 Å². The third kappa shape index (κ3) is 6.63. The molecule has 0 aliphatic heterocycles. The molecule has 4 rings (SSSR count). The first-order valence-electron chi connectivity index (χ1n) is 10.9. The quantitative estimate of drug-likeness (QED) is 0.290. The molecule has 0 bridgehead atoms. The average molecular weight is 547 g/mol. The second kappa shape index (κ2) is 10.7. The summed E-state index contributed by atoms with van der Waals surface area (Å²) in [6, 6.07) is 11.0. The molecule has 0 radical (unpaired) electrons. The second-order valence-corrected chi connectivity index (χ2v) is 9.50. The SMILES string of the molecule is O=C(NCCCn1nc(C(F)(F)F)cc1C1CC1)c1cccc(COc2c(Cl)cc(Cl)cc2Cl)c1. The third-order valence-electron chi connectivity index (χ3n) is 5.46. The molecule has 186 valence electrons. The molecule has 0 spiro atoms. The monoisotopic (exact) mass is 545 g/mol. The van der Waals surface area contributed by atoms with Crippen molar-refractivity contribution in [2.45, 2.75) is 44.5 Å². The van der Waals surface area contributed by atoms with Gasteiger partial charge in [-0.15, -0.1) is 0 Å². The Kier molecular flexibility index (Phi) is 7.83. The Morgan fingerprint density at radius 1 is 1.11 bits per heavy atom. The van der Waals surface area contributed by atoms with E-state index in [4.69, 9.17) is 39.5 Å². The number of rotatable bonds is 9. The first-order valence-corrected chi connectivity index (χ1v) is 12.0. The number of carbonyl (C=O) groups excluding carboxylic acids is 1. The van der Waals surface area contributed by atoms with Gasteiger partial charge in [0.15, 0.2) is 11.4 Å². The molecule has 1 aliphatic rings. The molecule has 0 unspecified atom stereocenters.